The van der Waals surface area contributed by atoms with E-state index in [0.29, 0.717) is 11.5 Å². The first-order valence-corrected chi connectivity index (χ1v) is 7.16. The molecule has 0 aliphatic heterocycles. The zero-order valence-corrected chi connectivity index (χ0v) is 12.3. The number of ether oxygens (including phenoxy) is 1. The number of alkyl halides is 2. The summed E-state index contributed by atoms with van der Waals surface area (Å²) < 4.78 is 28.9. The van der Waals surface area contributed by atoms with E-state index in [2.05, 4.69) is 30.8 Å². The predicted octanol–water partition coefficient (Wildman–Crippen LogP) is 4.52. The minimum absolute atomic E-state index is 0.134. The Morgan fingerprint density at radius 1 is 1.35 bits per heavy atom. The first-order valence-electron chi connectivity index (χ1n) is 7.16. The van der Waals surface area contributed by atoms with E-state index in [1.54, 1.807) is 18.2 Å². The fourth-order valence-corrected chi connectivity index (χ4v) is 2.99. The molecule has 2 rings (SSSR count). The molecule has 1 saturated carbocycles. The Morgan fingerprint density at radius 3 is 2.70 bits per heavy atom. The Hall–Kier alpha value is -1.16. The molecular formula is C16H23F2NO. The van der Waals surface area contributed by atoms with Gasteiger partial charge in [0.05, 0.1) is 0 Å². The monoisotopic (exact) mass is 283 g/mol. The number of benzene rings is 1. The van der Waals surface area contributed by atoms with Crippen LogP contribution in [0.15, 0.2) is 24.3 Å². The Kier molecular flexibility index (Phi) is 4.63. The summed E-state index contributed by atoms with van der Waals surface area (Å²) in [6.07, 6.45) is 3.56. The maximum Gasteiger partial charge on any atom is 0.387 e. The van der Waals surface area contributed by atoms with Crippen LogP contribution < -0.4 is 10.1 Å². The van der Waals surface area contributed by atoms with Gasteiger partial charge < -0.3 is 10.1 Å². The molecule has 0 aromatic heterocycles. The molecule has 1 aliphatic rings. The fraction of sp³-hybridized carbons (Fsp3) is 0.625. The van der Waals surface area contributed by atoms with E-state index in [4.69, 9.17) is 0 Å². The van der Waals surface area contributed by atoms with Gasteiger partial charge in [0.1, 0.15) is 5.75 Å². The summed E-state index contributed by atoms with van der Waals surface area (Å²) >= 11 is 0. The maximum atomic E-state index is 12.2. The summed E-state index contributed by atoms with van der Waals surface area (Å²) in [5, 5.41) is 3.59. The number of rotatable bonds is 5. The van der Waals surface area contributed by atoms with Crippen molar-refractivity contribution >= 4 is 0 Å². The van der Waals surface area contributed by atoms with Crippen molar-refractivity contribution in [3.63, 3.8) is 0 Å². The van der Waals surface area contributed by atoms with Gasteiger partial charge in [0, 0.05) is 12.1 Å². The summed E-state index contributed by atoms with van der Waals surface area (Å²) in [6, 6.07) is 7.57. The lowest BCUT2D eigenvalue weighted by Crippen LogP contribution is -2.30. The quantitative estimate of drug-likeness (QED) is 0.858. The molecule has 4 heteroatoms. The molecule has 0 spiro atoms. The Bertz CT molecular complexity index is 448. The van der Waals surface area contributed by atoms with Crippen molar-refractivity contribution < 1.29 is 13.5 Å². The van der Waals surface area contributed by atoms with Gasteiger partial charge in [0.15, 0.2) is 0 Å². The lowest BCUT2D eigenvalue weighted by Gasteiger charge is -2.22. The Labute approximate surface area is 119 Å². The number of hydrogen-bond donors (Lipinski definition) is 1. The SMILES string of the molecule is CC(NC1CCC(C)(C)C1)c1cccc(OC(F)F)c1. The third kappa shape index (κ3) is 4.17. The molecule has 0 heterocycles. The summed E-state index contributed by atoms with van der Waals surface area (Å²) in [5.74, 6) is 0.220. The van der Waals surface area contributed by atoms with Crippen LogP contribution in [0.1, 0.15) is 51.6 Å². The van der Waals surface area contributed by atoms with Gasteiger partial charge in [-0.2, -0.15) is 8.78 Å². The summed E-state index contributed by atoms with van der Waals surface area (Å²) in [4.78, 5) is 0. The van der Waals surface area contributed by atoms with E-state index in [-0.39, 0.29) is 11.8 Å². The van der Waals surface area contributed by atoms with E-state index in [0.717, 1.165) is 12.0 Å². The molecule has 2 nitrogen and oxygen atoms in total. The van der Waals surface area contributed by atoms with Crippen LogP contribution in [0, 0.1) is 5.41 Å². The van der Waals surface area contributed by atoms with Gasteiger partial charge >= 0.3 is 6.61 Å². The van der Waals surface area contributed by atoms with Crippen LogP contribution in [0.5, 0.6) is 5.75 Å². The molecule has 1 aromatic rings. The molecule has 112 valence electrons. The molecule has 0 saturated heterocycles. The van der Waals surface area contributed by atoms with E-state index >= 15 is 0 Å². The number of halogens is 2. The minimum atomic E-state index is -2.77. The van der Waals surface area contributed by atoms with E-state index in [1.807, 2.05) is 6.07 Å². The molecule has 2 unspecified atom stereocenters. The van der Waals surface area contributed by atoms with Gasteiger partial charge in [-0.25, -0.2) is 0 Å². The van der Waals surface area contributed by atoms with Crippen molar-refractivity contribution in [3.8, 4) is 5.75 Å². The van der Waals surface area contributed by atoms with Crippen LogP contribution in [-0.2, 0) is 0 Å². The van der Waals surface area contributed by atoms with Crippen molar-refractivity contribution in [2.75, 3.05) is 0 Å². The predicted molar refractivity (Wildman–Crippen MR) is 76.0 cm³/mol. The summed E-state index contributed by atoms with van der Waals surface area (Å²) in [5.41, 5.74) is 1.38. The highest BCUT2D eigenvalue weighted by atomic mass is 19.3. The molecule has 0 radical (unpaired) electrons. The third-order valence-electron chi connectivity index (χ3n) is 4.04. The average Bonchev–Trinajstić information content (AvgIpc) is 2.68. The summed E-state index contributed by atoms with van der Waals surface area (Å²) in [6.45, 7) is 3.86. The molecule has 20 heavy (non-hydrogen) atoms. The van der Waals surface area contributed by atoms with Crippen LogP contribution in [0.25, 0.3) is 0 Å². The third-order valence-corrected chi connectivity index (χ3v) is 4.04. The van der Waals surface area contributed by atoms with Gasteiger partial charge in [0.2, 0.25) is 0 Å². The van der Waals surface area contributed by atoms with Crippen LogP contribution in [0.2, 0.25) is 0 Å². The second-order valence-corrected chi connectivity index (χ2v) is 6.44. The van der Waals surface area contributed by atoms with Crippen molar-refractivity contribution in [1.29, 1.82) is 0 Å². The molecule has 1 N–H and O–H groups in total. The number of hydrogen-bond acceptors (Lipinski definition) is 2. The van der Waals surface area contributed by atoms with Crippen LogP contribution in [0.3, 0.4) is 0 Å². The molecule has 0 amide bonds. The standard InChI is InChI=1S/C16H23F2NO/c1-11(19-13-7-8-16(2,3)10-13)12-5-4-6-14(9-12)20-15(17)18/h4-6,9,11,13,15,19H,7-8,10H2,1-3H3. The fourth-order valence-electron chi connectivity index (χ4n) is 2.99. The topological polar surface area (TPSA) is 21.3 Å². The van der Waals surface area contributed by atoms with E-state index in [1.165, 1.54) is 12.8 Å². The molecule has 1 aliphatic carbocycles. The maximum absolute atomic E-state index is 12.2. The lowest BCUT2D eigenvalue weighted by molar-refractivity contribution is -0.0499. The second kappa shape index (κ2) is 6.08. The minimum Gasteiger partial charge on any atom is -0.435 e. The highest BCUT2D eigenvalue weighted by Gasteiger charge is 2.31. The van der Waals surface area contributed by atoms with Gasteiger partial charge in [-0.15, -0.1) is 0 Å². The first-order chi connectivity index (χ1) is 9.35. The Morgan fingerprint density at radius 2 is 2.10 bits per heavy atom. The van der Waals surface area contributed by atoms with Crippen molar-refractivity contribution in [2.24, 2.45) is 5.41 Å². The molecular weight excluding hydrogens is 260 g/mol. The van der Waals surface area contributed by atoms with Gasteiger partial charge in [-0.05, 0) is 49.3 Å². The molecule has 2 atom stereocenters. The first kappa shape index (κ1) is 15.2. The van der Waals surface area contributed by atoms with E-state index in [9.17, 15) is 8.78 Å². The van der Waals surface area contributed by atoms with E-state index < -0.39 is 6.61 Å². The van der Waals surface area contributed by atoms with Crippen LogP contribution in [0.4, 0.5) is 8.78 Å². The average molecular weight is 283 g/mol. The van der Waals surface area contributed by atoms with Crippen molar-refractivity contribution in [2.45, 2.75) is 58.7 Å². The summed E-state index contributed by atoms with van der Waals surface area (Å²) in [7, 11) is 0. The van der Waals surface area contributed by atoms with Crippen molar-refractivity contribution in [3.05, 3.63) is 29.8 Å². The van der Waals surface area contributed by atoms with Gasteiger partial charge in [0.25, 0.3) is 0 Å². The second-order valence-electron chi connectivity index (χ2n) is 6.44. The number of nitrogens with one attached hydrogen (secondary N) is 1. The van der Waals surface area contributed by atoms with Crippen LogP contribution in [-0.4, -0.2) is 12.7 Å². The van der Waals surface area contributed by atoms with Gasteiger partial charge in [-0.1, -0.05) is 26.0 Å². The Balaban J connectivity index is 1.97. The van der Waals surface area contributed by atoms with Gasteiger partial charge in [-0.3, -0.25) is 0 Å². The molecule has 0 bridgehead atoms. The smallest absolute Gasteiger partial charge is 0.387 e. The normalized spacial score (nSPS) is 23.0. The highest BCUT2D eigenvalue weighted by Crippen LogP contribution is 2.37. The lowest BCUT2D eigenvalue weighted by atomic mass is 9.91. The molecule has 1 aromatic carbocycles. The van der Waals surface area contributed by atoms with Crippen molar-refractivity contribution in [1.82, 2.24) is 5.32 Å². The highest BCUT2D eigenvalue weighted by molar-refractivity contribution is 5.30. The van der Waals surface area contributed by atoms with Crippen LogP contribution >= 0.6 is 0 Å². The largest absolute Gasteiger partial charge is 0.435 e. The zero-order chi connectivity index (χ0) is 14.8. The zero-order valence-electron chi connectivity index (χ0n) is 12.3. The molecule has 1 fully saturated rings.